The third-order valence-electron chi connectivity index (χ3n) is 7.57. The molecule has 8 heteroatoms. The summed E-state index contributed by atoms with van der Waals surface area (Å²) in [4.78, 5) is 21.1. The summed E-state index contributed by atoms with van der Waals surface area (Å²) in [6.45, 7) is 3.99. The van der Waals surface area contributed by atoms with Crippen LogP contribution in [0.4, 0.5) is 17.5 Å². The quantitative estimate of drug-likeness (QED) is 0.331. The minimum Gasteiger partial charge on any atom is -0.365 e. The zero-order valence-corrected chi connectivity index (χ0v) is 21.9. The Morgan fingerprint density at radius 1 is 1.05 bits per heavy atom. The lowest BCUT2D eigenvalue weighted by molar-refractivity contribution is -0.117. The molecule has 39 heavy (non-hydrogen) atoms. The van der Waals surface area contributed by atoms with Crippen LogP contribution in [0, 0.1) is 47.3 Å². The molecule has 1 saturated carbocycles. The Morgan fingerprint density at radius 2 is 1.85 bits per heavy atom. The van der Waals surface area contributed by atoms with Crippen LogP contribution in [0.2, 0.25) is 0 Å². The molecule has 2 aliphatic carbocycles. The van der Waals surface area contributed by atoms with Crippen molar-refractivity contribution < 1.29 is 4.79 Å². The largest absolute Gasteiger partial charge is 0.365 e. The SMILES string of the molecule is Cc1cccc(Nc2ncc(-c3cccc(C#N)c3)c(NC3C4C=C[C@H](C4)C3C#N)n2)c1.O=CN1CCCC1. The number of aromatic nitrogens is 2. The van der Waals surface area contributed by atoms with Crippen LogP contribution < -0.4 is 10.6 Å². The van der Waals surface area contributed by atoms with Gasteiger partial charge in [0.2, 0.25) is 12.4 Å². The maximum atomic E-state index is 9.93. The van der Waals surface area contributed by atoms with Gasteiger partial charge >= 0.3 is 0 Å². The van der Waals surface area contributed by atoms with Gasteiger partial charge in [-0.25, -0.2) is 4.98 Å². The number of carbonyl (C=O) groups is 1. The highest BCUT2D eigenvalue weighted by Crippen LogP contribution is 2.45. The minimum atomic E-state index is -0.0913. The van der Waals surface area contributed by atoms with Crippen molar-refractivity contribution in [1.29, 1.82) is 10.5 Å². The molecule has 1 aromatic heterocycles. The fourth-order valence-corrected chi connectivity index (χ4v) is 5.57. The molecule has 1 amide bonds. The van der Waals surface area contributed by atoms with Crippen molar-refractivity contribution in [3.63, 3.8) is 0 Å². The van der Waals surface area contributed by atoms with Crippen LogP contribution in [0.1, 0.15) is 30.4 Å². The number of carbonyl (C=O) groups excluding carboxylic acids is 1. The standard InChI is InChI=1S/C26H22N6.C5H9NO/c1-16-4-2-7-21(10-16)30-26-29-15-23(18-6-3-5-17(11-18)13-27)25(32-26)31-24-20-9-8-19(12-20)22(24)14-28;7-5-6-3-1-2-4-6/h2-11,15,19-20,22,24H,12H2,1H3,(H2,29,30,31,32);5H,1-4H2/t19-,20?,22?,24?;/m1./s1. The van der Waals surface area contributed by atoms with Crippen LogP contribution in [0.3, 0.4) is 0 Å². The van der Waals surface area contributed by atoms with Gasteiger partial charge in [0.1, 0.15) is 5.82 Å². The van der Waals surface area contributed by atoms with Crippen molar-refractivity contribution in [2.24, 2.45) is 17.8 Å². The smallest absolute Gasteiger partial charge is 0.229 e. The number of nitrogens with zero attached hydrogens (tertiary/aromatic N) is 5. The lowest BCUT2D eigenvalue weighted by Crippen LogP contribution is -2.32. The predicted octanol–water partition coefficient (Wildman–Crippen LogP) is 5.43. The van der Waals surface area contributed by atoms with Crippen LogP contribution in [-0.2, 0) is 4.79 Å². The molecule has 196 valence electrons. The van der Waals surface area contributed by atoms with Gasteiger partial charge in [0.05, 0.1) is 29.7 Å². The van der Waals surface area contributed by atoms with Crippen molar-refractivity contribution in [3.8, 4) is 23.3 Å². The molecule has 2 heterocycles. The number of nitriles is 2. The van der Waals surface area contributed by atoms with Crippen LogP contribution in [0.25, 0.3) is 11.1 Å². The summed E-state index contributed by atoms with van der Waals surface area (Å²) >= 11 is 0. The van der Waals surface area contributed by atoms with Crippen LogP contribution >= 0.6 is 0 Å². The Bertz CT molecular complexity index is 1450. The summed E-state index contributed by atoms with van der Waals surface area (Å²) in [7, 11) is 0. The van der Waals surface area contributed by atoms with E-state index < -0.39 is 0 Å². The summed E-state index contributed by atoms with van der Waals surface area (Å²) in [5, 5.41) is 25.9. The number of likely N-dealkylation sites (tertiary alicyclic amines) is 1. The van der Waals surface area contributed by atoms with E-state index in [0.717, 1.165) is 48.3 Å². The number of amides is 1. The highest BCUT2D eigenvalue weighted by Gasteiger charge is 2.45. The number of allylic oxidation sites excluding steroid dienone is 1. The fourth-order valence-electron chi connectivity index (χ4n) is 5.57. The van der Waals surface area contributed by atoms with Crippen molar-refractivity contribution >= 4 is 23.9 Å². The molecule has 2 fully saturated rings. The van der Waals surface area contributed by atoms with E-state index in [-0.39, 0.29) is 12.0 Å². The third-order valence-corrected chi connectivity index (χ3v) is 7.57. The molecule has 2 aromatic carbocycles. The maximum Gasteiger partial charge on any atom is 0.229 e. The first-order valence-corrected chi connectivity index (χ1v) is 13.3. The van der Waals surface area contributed by atoms with Crippen molar-refractivity contribution in [2.75, 3.05) is 23.7 Å². The van der Waals surface area contributed by atoms with Gasteiger partial charge in [-0.1, -0.05) is 36.4 Å². The molecule has 3 aliphatic rings. The molecule has 3 unspecified atom stereocenters. The topological polar surface area (TPSA) is 118 Å². The summed E-state index contributed by atoms with van der Waals surface area (Å²) in [6.07, 6.45) is 10.4. The second kappa shape index (κ2) is 11.8. The normalized spacial score (nSPS) is 22.4. The summed E-state index contributed by atoms with van der Waals surface area (Å²) in [6, 6.07) is 20.1. The van der Waals surface area contributed by atoms with Gasteiger partial charge < -0.3 is 15.5 Å². The predicted molar refractivity (Wildman–Crippen MR) is 151 cm³/mol. The average molecular weight is 518 g/mol. The molecule has 1 saturated heterocycles. The fraction of sp³-hybridized carbons (Fsp3) is 0.323. The van der Waals surface area contributed by atoms with E-state index in [4.69, 9.17) is 4.98 Å². The Kier molecular flexibility index (Phi) is 7.84. The molecule has 0 spiro atoms. The van der Waals surface area contributed by atoms with E-state index in [1.54, 1.807) is 17.2 Å². The molecule has 3 aromatic rings. The van der Waals surface area contributed by atoms with Gasteiger partial charge in [-0.2, -0.15) is 15.5 Å². The van der Waals surface area contributed by atoms with Crippen molar-refractivity contribution in [2.45, 2.75) is 32.2 Å². The Morgan fingerprint density at radius 3 is 2.56 bits per heavy atom. The maximum absolute atomic E-state index is 9.93. The molecule has 6 rings (SSSR count). The van der Waals surface area contributed by atoms with E-state index >= 15 is 0 Å². The first-order chi connectivity index (χ1) is 19.1. The number of anilines is 3. The average Bonchev–Trinajstić information content (AvgIpc) is 3.72. The minimum absolute atomic E-state index is 0.00498. The van der Waals surface area contributed by atoms with Crippen molar-refractivity contribution in [1.82, 2.24) is 14.9 Å². The third kappa shape index (κ3) is 5.91. The van der Waals surface area contributed by atoms with Crippen LogP contribution in [-0.4, -0.2) is 40.4 Å². The number of hydrogen-bond donors (Lipinski definition) is 2. The van der Waals surface area contributed by atoms with Crippen LogP contribution in [0.5, 0.6) is 0 Å². The summed E-state index contributed by atoms with van der Waals surface area (Å²) in [5.74, 6) is 1.65. The first kappa shape index (κ1) is 25.9. The molecule has 2 bridgehead atoms. The Hall–Kier alpha value is -4.69. The number of aryl methyl sites for hydroxylation is 1. The first-order valence-electron chi connectivity index (χ1n) is 13.3. The number of benzene rings is 2. The number of rotatable bonds is 6. The second-order valence-corrected chi connectivity index (χ2v) is 10.3. The molecule has 2 N–H and O–H groups in total. The Labute approximate surface area is 229 Å². The molecule has 0 radical (unpaired) electrons. The zero-order valence-electron chi connectivity index (χ0n) is 21.9. The molecule has 1 aliphatic heterocycles. The number of fused-ring (bicyclic) bond motifs is 2. The molecular weight excluding hydrogens is 486 g/mol. The molecular formula is C31H31N7O. The summed E-state index contributed by atoms with van der Waals surface area (Å²) < 4.78 is 0. The Balaban J connectivity index is 0.000000384. The van der Waals surface area contributed by atoms with Crippen molar-refractivity contribution in [3.05, 3.63) is 78.0 Å². The van der Waals surface area contributed by atoms with Crippen LogP contribution in [0.15, 0.2) is 66.9 Å². The van der Waals surface area contributed by atoms with Gasteiger partial charge in [0.25, 0.3) is 0 Å². The lowest BCUT2D eigenvalue weighted by Gasteiger charge is -2.26. The second-order valence-electron chi connectivity index (χ2n) is 10.3. The molecule has 8 nitrogen and oxygen atoms in total. The van der Waals surface area contributed by atoms with E-state index in [9.17, 15) is 15.3 Å². The lowest BCUT2D eigenvalue weighted by atomic mass is 9.90. The number of hydrogen-bond acceptors (Lipinski definition) is 7. The van der Waals surface area contributed by atoms with Gasteiger partial charge in [0, 0.05) is 30.5 Å². The van der Waals surface area contributed by atoms with Gasteiger partial charge in [0.15, 0.2) is 0 Å². The highest BCUT2D eigenvalue weighted by molar-refractivity contribution is 5.77. The van der Waals surface area contributed by atoms with Gasteiger partial charge in [-0.3, -0.25) is 4.79 Å². The van der Waals surface area contributed by atoms with Gasteiger partial charge in [-0.05, 0) is 73.4 Å². The zero-order chi connectivity index (χ0) is 27.2. The van der Waals surface area contributed by atoms with E-state index in [0.29, 0.717) is 29.2 Å². The monoisotopic (exact) mass is 517 g/mol. The summed E-state index contributed by atoms with van der Waals surface area (Å²) in [5.41, 5.74) is 4.30. The van der Waals surface area contributed by atoms with E-state index in [2.05, 4.69) is 39.9 Å². The number of nitrogens with one attached hydrogen (secondary N) is 2. The molecule has 4 atom stereocenters. The van der Waals surface area contributed by atoms with E-state index in [1.807, 2.05) is 49.4 Å². The highest BCUT2D eigenvalue weighted by atomic mass is 16.1. The van der Waals surface area contributed by atoms with Gasteiger partial charge in [-0.15, -0.1) is 0 Å². The van der Waals surface area contributed by atoms with E-state index in [1.165, 1.54) is 12.8 Å².